The predicted octanol–water partition coefficient (Wildman–Crippen LogP) is 1.41. The Kier molecular flexibility index (Phi) is 4.88. The fraction of sp³-hybridized carbons (Fsp3) is 0.462. The molecule has 0 bridgehead atoms. The maximum absolute atomic E-state index is 12.2. The molecule has 1 aliphatic carbocycles. The van der Waals surface area contributed by atoms with Gasteiger partial charge in [-0.1, -0.05) is 17.3 Å². The molecule has 6 nitrogen and oxygen atoms in total. The molecule has 8 heteroatoms. The molecule has 1 aromatic heterocycles. The summed E-state index contributed by atoms with van der Waals surface area (Å²) in [5.41, 5.74) is 6.65. The van der Waals surface area contributed by atoms with E-state index in [9.17, 15) is 8.42 Å². The zero-order valence-electron chi connectivity index (χ0n) is 11.4. The standard InChI is InChI=1S/C13H17N3O3S.ClH/c14-7-11(9-5-6-9)16-20(17,18)8-12-10-3-1-2-4-13(10)19-15-12;/h1-4,9,11,16H,5-8,14H2;1H. The minimum atomic E-state index is -3.46. The number of fused-ring (bicyclic) bond motifs is 1. The van der Waals surface area contributed by atoms with Crippen LogP contribution in [0.3, 0.4) is 0 Å². The Balaban J connectivity index is 0.00000161. The molecule has 1 heterocycles. The van der Waals surface area contributed by atoms with E-state index < -0.39 is 10.0 Å². The van der Waals surface area contributed by atoms with Gasteiger partial charge >= 0.3 is 0 Å². The summed E-state index contributed by atoms with van der Waals surface area (Å²) < 4.78 is 32.2. The maximum atomic E-state index is 12.2. The largest absolute Gasteiger partial charge is 0.356 e. The molecule has 116 valence electrons. The second-order valence-corrected chi connectivity index (χ2v) is 6.94. The summed E-state index contributed by atoms with van der Waals surface area (Å²) in [4.78, 5) is 0. The number of halogens is 1. The second-order valence-electron chi connectivity index (χ2n) is 5.18. The van der Waals surface area contributed by atoms with Crippen LogP contribution in [0.25, 0.3) is 11.0 Å². The van der Waals surface area contributed by atoms with E-state index in [2.05, 4.69) is 9.88 Å². The zero-order chi connectivity index (χ0) is 14.2. The number of rotatable bonds is 6. The van der Waals surface area contributed by atoms with Gasteiger partial charge in [0.05, 0.1) is 0 Å². The average Bonchev–Trinajstić information content (AvgIpc) is 3.20. The summed E-state index contributed by atoms with van der Waals surface area (Å²) in [7, 11) is -3.46. The number of sulfonamides is 1. The van der Waals surface area contributed by atoms with Gasteiger partial charge in [-0.3, -0.25) is 0 Å². The van der Waals surface area contributed by atoms with E-state index in [-0.39, 0.29) is 24.2 Å². The summed E-state index contributed by atoms with van der Waals surface area (Å²) in [5, 5.41) is 4.58. The highest BCUT2D eigenvalue weighted by Crippen LogP contribution is 2.32. The van der Waals surface area contributed by atoms with E-state index in [1.54, 1.807) is 12.1 Å². The van der Waals surface area contributed by atoms with Crippen molar-refractivity contribution in [3.05, 3.63) is 30.0 Å². The van der Waals surface area contributed by atoms with Gasteiger partial charge in [-0.25, -0.2) is 13.1 Å². The number of nitrogens with two attached hydrogens (primary N) is 1. The van der Waals surface area contributed by atoms with Gasteiger partial charge in [-0.2, -0.15) is 0 Å². The van der Waals surface area contributed by atoms with Crippen LogP contribution in [0, 0.1) is 5.92 Å². The van der Waals surface area contributed by atoms with Crippen molar-refractivity contribution in [2.45, 2.75) is 24.6 Å². The third-order valence-corrected chi connectivity index (χ3v) is 4.87. The Morgan fingerprint density at radius 1 is 1.38 bits per heavy atom. The lowest BCUT2D eigenvalue weighted by Crippen LogP contribution is -2.42. The number of aromatic nitrogens is 1. The van der Waals surface area contributed by atoms with Crippen LogP contribution in [-0.4, -0.2) is 26.2 Å². The lowest BCUT2D eigenvalue weighted by atomic mass is 10.2. The van der Waals surface area contributed by atoms with E-state index in [4.69, 9.17) is 10.3 Å². The molecule has 0 saturated heterocycles. The van der Waals surface area contributed by atoms with Gasteiger partial charge in [0.2, 0.25) is 10.0 Å². The Bertz CT molecular complexity index is 712. The highest BCUT2D eigenvalue weighted by atomic mass is 35.5. The quantitative estimate of drug-likeness (QED) is 0.833. The van der Waals surface area contributed by atoms with Gasteiger partial charge in [0.25, 0.3) is 0 Å². The number of nitrogens with one attached hydrogen (secondary N) is 1. The van der Waals surface area contributed by atoms with Crippen LogP contribution in [0.2, 0.25) is 0 Å². The molecule has 1 aliphatic rings. The van der Waals surface area contributed by atoms with Crippen LogP contribution in [0.5, 0.6) is 0 Å². The van der Waals surface area contributed by atoms with Crippen molar-refractivity contribution in [1.82, 2.24) is 9.88 Å². The molecule has 0 amide bonds. The monoisotopic (exact) mass is 331 g/mol. The SMILES string of the molecule is Cl.NCC(NS(=O)(=O)Cc1noc2ccccc12)C1CC1. The van der Waals surface area contributed by atoms with Crippen LogP contribution in [0.15, 0.2) is 28.8 Å². The maximum Gasteiger partial charge on any atom is 0.217 e. The van der Waals surface area contributed by atoms with E-state index in [1.165, 1.54) is 0 Å². The number of hydrogen-bond acceptors (Lipinski definition) is 5. The molecule has 1 aromatic carbocycles. The first-order valence-electron chi connectivity index (χ1n) is 6.62. The topological polar surface area (TPSA) is 98.2 Å². The van der Waals surface area contributed by atoms with Crippen molar-refractivity contribution >= 4 is 33.4 Å². The van der Waals surface area contributed by atoms with Crippen molar-refractivity contribution in [3.63, 3.8) is 0 Å². The van der Waals surface area contributed by atoms with Crippen LogP contribution in [0.1, 0.15) is 18.5 Å². The first kappa shape index (κ1) is 16.2. The molecule has 3 rings (SSSR count). The molecule has 1 saturated carbocycles. The highest BCUT2D eigenvalue weighted by Gasteiger charge is 2.33. The van der Waals surface area contributed by atoms with Crippen molar-refractivity contribution in [1.29, 1.82) is 0 Å². The van der Waals surface area contributed by atoms with E-state index in [0.717, 1.165) is 18.2 Å². The lowest BCUT2D eigenvalue weighted by Gasteiger charge is -2.15. The molecular formula is C13H18ClN3O3S. The first-order chi connectivity index (χ1) is 9.59. The van der Waals surface area contributed by atoms with Crippen LogP contribution in [-0.2, 0) is 15.8 Å². The Hall–Kier alpha value is -1.15. The number of hydrogen-bond donors (Lipinski definition) is 2. The smallest absolute Gasteiger partial charge is 0.217 e. The number of benzene rings is 1. The van der Waals surface area contributed by atoms with Gasteiger partial charge in [0.1, 0.15) is 11.4 Å². The Labute approximate surface area is 129 Å². The van der Waals surface area contributed by atoms with Crippen LogP contribution in [0.4, 0.5) is 0 Å². The van der Waals surface area contributed by atoms with Gasteiger partial charge in [-0.15, -0.1) is 12.4 Å². The lowest BCUT2D eigenvalue weighted by molar-refractivity contribution is 0.447. The van der Waals surface area contributed by atoms with E-state index >= 15 is 0 Å². The Morgan fingerprint density at radius 2 is 2.10 bits per heavy atom. The minimum absolute atomic E-state index is 0. The third-order valence-electron chi connectivity index (χ3n) is 3.55. The zero-order valence-corrected chi connectivity index (χ0v) is 13.0. The number of para-hydroxylation sites is 1. The van der Waals surface area contributed by atoms with Gasteiger partial charge in [0.15, 0.2) is 5.58 Å². The van der Waals surface area contributed by atoms with Crippen molar-refractivity contribution in [2.75, 3.05) is 6.54 Å². The van der Waals surface area contributed by atoms with Crippen molar-refractivity contribution in [3.8, 4) is 0 Å². The van der Waals surface area contributed by atoms with E-state index in [0.29, 0.717) is 23.7 Å². The minimum Gasteiger partial charge on any atom is -0.356 e. The summed E-state index contributed by atoms with van der Waals surface area (Å²) in [6, 6.07) is 7.05. The van der Waals surface area contributed by atoms with Crippen molar-refractivity contribution in [2.24, 2.45) is 11.7 Å². The molecule has 2 aromatic rings. The normalized spacial score (nSPS) is 16.6. The molecule has 1 unspecified atom stereocenters. The van der Waals surface area contributed by atoms with Crippen molar-refractivity contribution < 1.29 is 12.9 Å². The highest BCUT2D eigenvalue weighted by molar-refractivity contribution is 7.88. The first-order valence-corrected chi connectivity index (χ1v) is 8.27. The number of nitrogens with zero attached hydrogens (tertiary/aromatic N) is 1. The second kappa shape index (κ2) is 6.31. The summed E-state index contributed by atoms with van der Waals surface area (Å²) in [6.45, 7) is 0.323. The van der Waals surface area contributed by atoms with Gasteiger partial charge < -0.3 is 10.3 Å². The molecule has 1 atom stereocenters. The molecule has 3 N–H and O–H groups in total. The summed E-state index contributed by atoms with van der Waals surface area (Å²) in [5.74, 6) is 0.191. The molecule has 0 spiro atoms. The average molecular weight is 332 g/mol. The fourth-order valence-corrected chi connectivity index (χ4v) is 3.73. The van der Waals surface area contributed by atoms with Crippen LogP contribution >= 0.6 is 12.4 Å². The molecular weight excluding hydrogens is 314 g/mol. The third kappa shape index (κ3) is 3.74. The molecule has 0 radical (unpaired) electrons. The Morgan fingerprint density at radius 3 is 2.76 bits per heavy atom. The summed E-state index contributed by atoms with van der Waals surface area (Å²) in [6.07, 6.45) is 2.08. The van der Waals surface area contributed by atoms with Crippen LogP contribution < -0.4 is 10.5 Å². The summed E-state index contributed by atoms with van der Waals surface area (Å²) >= 11 is 0. The van der Waals surface area contributed by atoms with E-state index in [1.807, 2.05) is 12.1 Å². The fourth-order valence-electron chi connectivity index (χ4n) is 2.33. The van der Waals surface area contributed by atoms with Gasteiger partial charge in [-0.05, 0) is 30.9 Å². The molecule has 1 fully saturated rings. The molecule has 0 aliphatic heterocycles. The molecule has 21 heavy (non-hydrogen) atoms. The predicted molar refractivity (Wildman–Crippen MR) is 82.6 cm³/mol. The van der Waals surface area contributed by atoms with Gasteiger partial charge in [0, 0.05) is 18.0 Å².